The Kier molecular flexibility index (Phi) is 7.86. The van der Waals surface area contributed by atoms with Crippen LogP contribution >= 0.6 is 0 Å². The van der Waals surface area contributed by atoms with E-state index < -0.39 is 11.6 Å². The molecule has 4 rings (SSSR count). The fraction of sp³-hybridized carbons (Fsp3) is 0.310. The van der Waals surface area contributed by atoms with Crippen LogP contribution in [0.15, 0.2) is 78.9 Å². The van der Waals surface area contributed by atoms with Gasteiger partial charge in [0.05, 0.1) is 5.52 Å². The summed E-state index contributed by atoms with van der Waals surface area (Å²) in [6, 6.07) is 22.9. The van der Waals surface area contributed by atoms with Gasteiger partial charge in [-0.05, 0) is 62.1 Å². The van der Waals surface area contributed by atoms with E-state index in [1.807, 2.05) is 75.4 Å². The average molecular weight is 500 g/mol. The van der Waals surface area contributed by atoms with Gasteiger partial charge in [0.25, 0.3) is 0 Å². The summed E-state index contributed by atoms with van der Waals surface area (Å²) >= 11 is 0. The van der Waals surface area contributed by atoms with Crippen molar-refractivity contribution in [1.29, 1.82) is 0 Å². The number of nitrogens with one attached hydrogen (secondary N) is 1. The second kappa shape index (κ2) is 11.2. The lowest BCUT2D eigenvalue weighted by Gasteiger charge is -2.34. The molecule has 2 amide bonds. The van der Waals surface area contributed by atoms with Crippen molar-refractivity contribution in [3.63, 3.8) is 0 Å². The maximum atomic E-state index is 13.9. The maximum absolute atomic E-state index is 13.9. The predicted octanol–water partition coefficient (Wildman–Crippen LogP) is 4.25. The second-order valence-corrected chi connectivity index (χ2v) is 9.78. The van der Waals surface area contributed by atoms with Crippen molar-refractivity contribution < 1.29 is 14.7 Å². The molecule has 0 aliphatic heterocycles. The maximum Gasteiger partial charge on any atom is 0.247 e. The number of aromatic nitrogens is 3. The Morgan fingerprint density at radius 2 is 1.68 bits per heavy atom. The van der Waals surface area contributed by atoms with E-state index in [0.717, 1.165) is 17.5 Å². The zero-order valence-electron chi connectivity index (χ0n) is 21.5. The Morgan fingerprint density at radius 3 is 2.38 bits per heavy atom. The minimum Gasteiger partial charge on any atom is -0.508 e. The summed E-state index contributed by atoms with van der Waals surface area (Å²) in [6.45, 7) is 6.17. The molecule has 4 aromatic rings. The molecule has 0 saturated carbocycles. The van der Waals surface area contributed by atoms with Gasteiger partial charge in [-0.1, -0.05) is 66.7 Å². The number of carbonyl (C=O) groups is 2. The zero-order valence-corrected chi connectivity index (χ0v) is 21.5. The first kappa shape index (κ1) is 25.9. The Balaban J connectivity index is 1.71. The number of phenolic OH excluding ortho intramolecular Hbond substituents is 1. The number of nitrogens with zero attached hydrogens (tertiary/aromatic N) is 4. The third-order valence-corrected chi connectivity index (χ3v) is 6.62. The standard InChI is InChI=1S/C29H33N5O3/c1-4-29(2,3)30-28(37)27(22-14-16-23(35)17-15-22)33(19-18-21-10-6-5-7-11-21)26(36)20-34-25-13-9-8-12-24(25)31-32-34/h5-17,27,35H,4,18-20H2,1-3H3,(H,30,37). The summed E-state index contributed by atoms with van der Waals surface area (Å²) in [5, 5.41) is 21.3. The first-order valence-corrected chi connectivity index (χ1v) is 12.5. The van der Waals surface area contributed by atoms with Crippen molar-refractivity contribution >= 4 is 22.8 Å². The van der Waals surface area contributed by atoms with E-state index in [4.69, 9.17) is 0 Å². The lowest BCUT2D eigenvalue weighted by atomic mass is 9.98. The zero-order chi connectivity index (χ0) is 26.4. The molecule has 0 aliphatic rings. The number of hydrogen-bond donors (Lipinski definition) is 2. The third kappa shape index (κ3) is 6.33. The van der Waals surface area contributed by atoms with Crippen LogP contribution in [0.5, 0.6) is 5.75 Å². The van der Waals surface area contributed by atoms with Gasteiger partial charge in [0.15, 0.2) is 0 Å². The topological polar surface area (TPSA) is 100 Å². The Labute approximate surface area is 216 Å². The quantitative estimate of drug-likeness (QED) is 0.340. The third-order valence-electron chi connectivity index (χ3n) is 6.62. The van der Waals surface area contributed by atoms with Gasteiger partial charge in [0, 0.05) is 12.1 Å². The lowest BCUT2D eigenvalue weighted by Crippen LogP contribution is -2.51. The monoisotopic (exact) mass is 499 g/mol. The van der Waals surface area contributed by atoms with Crippen LogP contribution in [0.25, 0.3) is 11.0 Å². The molecule has 0 spiro atoms. The van der Waals surface area contributed by atoms with Crippen LogP contribution in [0.2, 0.25) is 0 Å². The van der Waals surface area contributed by atoms with Crippen molar-refractivity contribution in [1.82, 2.24) is 25.2 Å². The molecule has 8 heteroatoms. The van der Waals surface area contributed by atoms with E-state index >= 15 is 0 Å². The second-order valence-electron chi connectivity index (χ2n) is 9.78. The van der Waals surface area contributed by atoms with Crippen LogP contribution in [0.4, 0.5) is 0 Å². The molecule has 1 aromatic heterocycles. The van der Waals surface area contributed by atoms with E-state index in [9.17, 15) is 14.7 Å². The number of benzene rings is 3. The highest BCUT2D eigenvalue weighted by molar-refractivity contribution is 5.89. The molecule has 2 N–H and O–H groups in total. The molecule has 0 fully saturated rings. The average Bonchev–Trinajstić information content (AvgIpc) is 3.30. The number of para-hydroxylation sites is 1. The van der Waals surface area contributed by atoms with Gasteiger partial charge in [-0.2, -0.15) is 0 Å². The first-order chi connectivity index (χ1) is 17.8. The smallest absolute Gasteiger partial charge is 0.247 e. The lowest BCUT2D eigenvalue weighted by molar-refractivity contribution is -0.142. The number of hydrogen-bond acceptors (Lipinski definition) is 5. The van der Waals surface area contributed by atoms with E-state index in [1.54, 1.807) is 21.7 Å². The molecule has 8 nitrogen and oxygen atoms in total. The van der Waals surface area contributed by atoms with E-state index in [2.05, 4.69) is 15.6 Å². The molecular weight excluding hydrogens is 466 g/mol. The van der Waals surface area contributed by atoms with Gasteiger partial charge in [-0.15, -0.1) is 5.10 Å². The van der Waals surface area contributed by atoms with Crippen LogP contribution in [0.1, 0.15) is 44.4 Å². The van der Waals surface area contributed by atoms with E-state index in [0.29, 0.717) is 24.0 Å². The van der Waals surface area contributed by atoms with Crippen LogP contribution in [0.3, 0.4) is 0 Å². The van der Waals surface area contributed by atoms with Gasteiger partial charge in [0.2, 0.25) is 11.8 Å². The number of fused-ring (bicyclic) bond motifs is 1. The minimum absolute atomic E-state index is 0.0612. The van der Waals surface area contributed by atoms with Gasteiger partial charge in [-0.3, -0.25) is 9.59 Å². The highest BCUT2D eigenvalue weighted by atomic mass is 16.3. The molecule has 0 aliphatic carbocycles. The SMILES string of the molecule is CCC(C)(C)NC(=O)C(c1ccc(O)cc1)N(CCc1ccccc1)C(=O)Cn1nnc2ccccc21. The van der Waals surface area contributed by atoms with Gasteiger partial charge in [0.1, 0.15) is 23.9 Å². The van der Waals surface area contributed by atoms with Crippen molar-refractivity contribution in [3.8, 4) is 5.75 Å². The predicted molar refractivity (Wildman–Crippen MR) is 143 cm³/mol. The number of rotatable bonds is 10. The summed E-state index contributed by atoms with van der Waals surface area (Å²) in [5.41, 5.74) is 2.67. The number of carbonyl (C=O) groups excluding carboxylic acids is 2. The molecule has 3 aromatic carbocycles. The van der Waals surface area contributed by atoms with Crippen LogP contribution < -0.4 is 5.32 Å². The fourth-order valence-electron chi connectivity index (χ4n) is 4.16. The Morgan fingerprint density at radius 1 is 1.00 bits per heavy atom. The summed E-state index contributed by atoms with van der Waals surface area (Å²) in [6.07, 6.45) is 1.30. The van der Waals surface area contributed by atoms with E-state index in [-0.39, 0.29) is 24.1 Å². The van der Waals surface area contributed by atoms with E-state index in [1.165, 1.54) is 12.1 Å². The summed E-state index contributed by atoms with van der Waals surface area (Å²) < 4.78 is 1.56. The van der Waals surface area contributed by atoms with Crippen molar-refractivity contribution in [2.45, 2.75) is 51.7 Å². The summed E-state index contributed by atoms with van der Waals surface area (Å²) in [7, 11) is 0. The molecule has 0 radical (unpaired) electrons. The molecule has 1 unspecified atom stereocenters. The summed E-state index contributed by atoms with van der Waals surface area (Å²) in [5.74, 6) is -0.440. The van der Waals surface area contributed by atoms with Gasteiger partial charge < -0.3 is 15.3 Å². The first-order valence-electron chi connectivity index (χ1n) is 12.5. The normalized spacial score (nSPS) is 12.3. The van der Waals surface area contributed by atoms with Crippen LogP contribution in [-0.2, 0) is 22.6 Å². The van der Waals surface area contributed by atoms with Crippen molar-refractivity contribution in [3.05, 3.63) is 90.0 Å². The molecule has 37 heavy (non-hydrogen) atoms. The highest BCUT2D eigenvalue weighted by Gasteiger charge is 2.34. The Hall–Kier alpha value is -4.20. The highest BCUT2D eigenvalue weighted by Crippen LogP contribution is 2.26. The molecule has 1 atom stereocenters. The molecule has 1 heterocycles. The fourth-order valence-corrected chi connectivity index (χ4v) is 4.16. The molecular formula is C29H33N5O3. The number of amides is 2. The number of phenols is 1. The largest absolute Gasteiger partial charge is 0.508 e. The summed E-state index contributed by atoms with van der Waals surface area (Å²) in [4.78, 5) is 29.3. The van der Waals surface area contributed by atoms with Crippen LogP contribution in [-0.4, -0.2) is 48.9 Å². The minimum atomic E-state index is -0.891. The van der Waals surface area contributed by atoms with Gasteiger partial charge in [-0.25, -0.2) is 4.68 Å². The van der Waals surface area contributed by atoms with Crippen molar-refractivity contribution in [2.24, 2.45) is 0 Å². The molecule has 192 valence electrons. The molecule has 0 bridgehead atoms. The molecule has 0 saturated heterocycles. The van der Waals surface area contributed by atoms with Crippen LogP contribution in [0, 0.1) is 0 Å². The Bertz CT molecular complexity index is 1350. The van der Waals surface area contributed by atoms with Gasteiger partial charge >= 0.3 is 0 Å². The number of aromatic hydroxyl groups is 1. The van der Waals surface area contributed by atoms with Crippen molar-refractivity contribution in [2.75, 3.05) is 6.54 Å².